The molecule has 130 valence electrons. The molecule has 2 N–H and O–H groups in total. The molecule has 1 atom stereocenters. The largest absolute Gasteiger partial charge is 0.326 e. The first-order valence-electron chi connectivity index (χ1n) is 8.84. The van der Waals surface area contributed by atoms with Gasteiger partial charge in [-0.3, -0.25) is 14.3 Å². The van der Waals surface area contributed by atoms with Crippen molar-refractivity contribution in [2.75, 3.05) is 10.6 Å². The summed E-state index contributed by atoms with van der Waals surface area (Å²) in [6.45, 7) is 0. The highest BCUT2D eigenvalue weighted by molar-refractivity contribution is 5.98. The van der Waals surface area contributed by atoms with E-state index in [4.69, 9.17) is 0 Å². The van der Waals surface area contributed by atoms with Crippen LogP contribution in [-0.4, -0.2) is 21.6 Å². The van der Waals surface area contributed by atoms with Gasteiger partial charge in [-0.05, 0) is 36.6 Å². The molecule has 2 amide bonds. The van der Waals surface area contributed by atoms with E-state index in [1.165, 1.54) is 0 Å². The molecular formula is C19H22N4O2. The number of hydrogen-bond acceptors (Lipinski definition) is 3. The molecule has 1 aliphatic carbocycles. The molecule has 0 spiro atoms. The quantitative estimate of drug-likeness (QED) is 0.903. The average molecular weight is 338 g/mol. The molecule has 25 heavy (non-hydrogen) atoms. The van der Waals surface area contributed by atoms with Crippen molar-refractivity contribution in [2.24, 2.45) is 13.0 Å². The SMILES string of the molecule is Cn1ccc(C2CC(=O)Nc3cc(NC(=O)C4CCCC4)ccc32)n1. The van der Waals surface area contributed by atoms with Gasteiger partial charge in [0.05, 0.1) is 5.69 Å². The molecule has 1 unspecified atom stereocenters. The van der Waals surface area contributed by atoms with Gasteiger partial charge in [0.1, 0.15) is 0 Å². The normalized spacial score (nSPS) is 20.2. The molecule has 0 bridgehead atoms. The first kappa shape index (κ1) is 15.9. The van der Waals surface area contributed by atoms with Crippen LogP contribution >= 0.6 is 0 Å². The van der Waals surface area contributed by atoms with Crippen molar-refractivity contribution < 1.29 is 9.59 Å². The molecule has 2 heterocycles. The van der Waals surface area contributed by atoms with Gasteiger partial charge in [-0.25, -0.2) is 0 Å². The number of fused-ring (bicyclic) bond motifs is 1. The van der Waals surface area contributed by atoms with Crippen molar-refractivity contribution in [3.63, 3.8) is 0 Å². The van der Waals surface area contributed by atoms with Crippen LogP contribution in [0.4, 0.5) is 11.4 Å². The number of aromatic nitrogens is 2. The van der Waals surface area contributed by atoms with Crippen LogP contribution in [0.5, 0.6) is 0 Å². The van der Waals surface area contributed by atoms with Crippen LogP contribution in [0, 0.1) is 5.92 Å². The molecule has 2 aromatic rings. The highest BCUT2D eigenvalue weighted by Crippen LogP contribution is 2.38. The Morgan fingerprint density at radius 3 is 2.80 bits per heavy atom. The molecule has 6 heteroatoms. The number of carbonyl (C=O) groups excluding carboxylic acids is 2. The number of rotatable bonds is 3. The number of benzene rings is 1. The van der Waals surface area contributed by atoms with Crippen molar-refractivity contribution in [1.82, 2.24) is 9.78 Å². The van der Waals surface area contributed by atoms with E-state index >= 15 is 0 Å². The van der Waals surface area contributed by atoms with E-state index < -0.39 is 0 Å². The van der Waals surface area contributed by atoms with Crippen LogP contribution in [0.25, 0.3) is 0 Å². The maximum absolute atomic E-state index is 12.3. The Bertz CT molecular complexity index is 821. The fraction of sp³-hybridized carbons (Fsp3) is 0.421. The first-order chi connectivity index (χ1) is 12.1. The highest BCUT2D eigenvalue weighted by Gasteiger charge is 2.29. The molecule has 1 aromatic carbocycles. The number of anilines is 2. The number of nitrogens with zero attached hydrogens (tertiary/aromatic N) is 2. The molecule has 4 rings (SSSR count). The standard InChI is InChI=1S/C19H22N4O2/c1-23-9-8-16(22-23)15-11-18(24)21-17-10-13(6-7-14(15)17)20-19(25)12-4-2-3-5-12/h6-10,12,15H,2-5,11H2,1H3,(H,20,25)(H,21,24). The van der Waals surface area contributed by atoms with Gasteiger partial charge in [0.15, 0.2) is 0 Å². The summed E-state index contributed by atoms with van der Waals surface area (Å²) in [5.41, 5.74) is 3.42. The fourth-order valence-corrected chi connectivity index (χ4v) is 3.86. The third kappa shape index (κ3) is 3.16. The van der Waals surface area contributed by atoms with Crippen LogP contribution < -0.4 is 10.6 Å². The Kier molecular flexibility index (Phi) is 4.03. The van der Waals surface area contributed by atoms with E-state index in [2.05, 4.69) is 15.7 Å². The molecule has 1 saturated carbocycles. The molecule has 1 fully saturated rings. The predicted molar refractivity (Wildman–Crippen MR) is 95.3 cm³/mol. The van der Waals surface area contributed by atoms with Gasteiger partial charge in [-0.2, -0.15) is 5.10 Å². The first-order valence-corrected chi connectivity index (χ1v) is 8.84. The smallest absolute Gasteiger partial charge is 0.227 e. The van der Waals surface area contributed by atoms with Gasteiger partial charge in [-0.15, -0.1) is 0 Å². The van der Waals surface area contributed by atoms with E-state index in [0.29, 0.717) is 6.42 Å². The third-order valence-corrected chi connectivity index (χ3v) is 5.18. The second-order valence-electron chi connectivity index (χ2n) is 6.99. The topological polar surface area (TPSA) is 76.0 Å². The van der Waals surface area contributed by atoms with Crippen molar-refractivity contribution in [3.8, 4) is 0 Å². The van der Waals surface area contributed by atoms with Gasteiger partial charge in [0, 0.05) is 42.9 Å². The minimum atomic E-state index is -0.0514. The third-order valence-electron chi connectivity index (χ3n) is 5.18. The van der Waals surface area contributed by atoms with Crippen LogP contribution in [0.2, 0.25) is 0 Å². The van der Waals surface area contributed by atoms with Gasteiger partial charge in [0.2, 0.25) is 11.8 Å². The van der Waals surface area contributed by atoms with Crippen molar-refractivity contribution in [3.05, 3.63) is 41.7 Å². The molecule has 6 nitrogen and oxygen atoms in total. The minimum Gasteiger partial charge on any atom is -0.326 e. The van der Waals surface area contributed by atoms with Crippen molar-refractivity contribution in [2.45, 2.75) is 38.0 Å². The van der Waals surface area contributed by atoms with Crippen molar-refractivity contribution >= 4 is 23.2 Å². The van der Waals surface area contributed by atoms with Gasteiger partial charge in [-0.1, -0.05) is 18.9 Å². The lowest BCUT2D eigenvalue weighted by Crippen LogP contribution is -2.25. The summed E-state index contributed by atoms with van der Waals surface area (Å²) in [5.74, 6) is 0.125. The minimum absolute atomic E-state index is 0.0255. The number of carbonyl (C=O) groups is 2. The summed E-state index contributed by atoms with van der Waals surface area (Å²) in [4.78, 5) is 24.5. The average Bonchev–Trinajstić information content (AvgIpc) is 3.25. The number of aryl methyl sites for hydroxylation is 1. The van der Waals surface area contributed by atoms with E-state index in [1.54, 1.807) is 4.68 Å². The predicted octanol–water partition coefficient (Wildman–Crippen LogP) is 3.02. The molecule has 1 aliphatic heterocycles. The van der Waals surface area contributed by atoms with Gasteiger partial charge in [0.25, 0.3) is 0 Å². The van der Waals surface area contributed by atoms with E-state index in [1.807, 2.05) is 37.5 Å². The van der Waals surface area contributed by atoms with Crippen LogP contribution in [0.15, 0.2) is 30.5 Å². The van der Waals surface area contributed by atoms with Crippen LogP contribution in [0.1, 0.15) is 49.3 Å². The number of hydrogen-bond donors (Lipinski definition) is 2. The van der Waals surface area contributed by atoms with Gasteiger partial charge >= 0.3 is 0 Å². The second kappa shape index (κ2) is 6.35. The summed E-state index contributed by atoms with van der Waals surface area (Å²) in [5, 5.41) is 10.4. The van der Waals surface area contributed by atoms with Crippen molar-refractivity contribution in [1.29, 1.82) is 0 Å². The second-order valence-corrected chi connectivity index (χ2v) is 6.99. The molecule has 0 radical (unpaired) electrons. The van der Waals surface area contributed by atoms with E-state index in [9.17, 15) is 9.59 Å². The van der Waals surface area contributed by atoms with E-state index in [0.717, 1.165) is 48.3 Å². The monoisotopic (exact) mass is 338 g/mol. The van der Waals surface area contributed by atoms with E-state index in [-0.39, 0.29) is 23.7 Å². The Morgan fingerprint density at radius 1 is 1.28 bits per heavy atom. The molecule has 1 aromatic heterocycles. The zero-order valence-corrected chi connectivity index (χ0v) is 14.3. The molecule has 0 saturated heterocycles. The Balaban J connectivity index is 1.59. The van der Waals surface area contributed by atoms with Crippen LogP contribution in [-0.2, 0) is 16.6 Å². The summed E-state index contributed by atoms with van der Waals surface area (Å²) in [6.07, 6.45) is 6.47. The molecular weight excluding hydrogens is 316 g/mol. The zero-order chi connectivity index (χ0) is 17.4. The lowest BCUT2D eigenvalue weighted by molar-refractivity contribution is -0.119. The number of amides is 2. The Hall–Kier alpha value is -2.63. The summed E-state index contributed by atoms with van der Waals surface area (Å²) in [6, 6.07) is 7.70. The Morgan fingerprint density at radius 2 is 2.08 bits per heavy atom. The van der Waals surface area contributed by atoms with Gasteiger partial charge < -0.3 is 10.6 Å². The summed E-state index contributed by atoms with van der Waals surface area (Å²) in [7, 11) is 1.87. The fourth-order valence-electron chi connectivity index (χ4n) is 3.86. The maximum Gasteiger partial charge on any atom is 0.227 e. The maximum atomic E-state index is 12.3. The zero-order valence-electron chi connectivity index (χ0n) is 14.3. The van der Waals surface area contributed by atoms with Crippen LogP contribution in [0.3, 0.4) is 0 Å². The summed E-state index contributed by atoms with van der Waals surface area (Å²) >= 11 is 0. The highest BCUT2D eigenvalue weighted by atomic mass is 16.2. The number of nitrogens with one attached hydrogen (secondary N) is 2. The molecule has 2 aliphatic rings. The lowest BCUT2D eigenvalue weighted by atomic mass is 9.88. The lowest BCUT2D eigenvalue weighted by Gasteiger charge is -2.25. The summed E-state index contributed by atoms with van der Waals surface area (Å²) < 4.78 is 1.75. The Labute approximate surface area is 146 Å².